The van der Waals surface area contributed by atoms with E-state index in [4.69, 9.17) is 16.3 Å². The van der Waals surface area contributed by atoms with Gasteiger partial charge in [-0.1, -0.05) is 73.1 Å². The first-order valence-electron chi connectivity index (χ1n) is 10.3. The molecule has 2 unspecified atom stereocenters. The SMILES string of the molecule is CCC(c1ccccc1)C(c1ccc(Cl)cc1)c1ccc(OCCN(C)C)cc1. The normalized spacial score (nSPS) is 13.3. The standard InChI is InChI=1S/C26H30ClNO/c1-4-25(20-8-6-5-7-9-20)26(21-10-14-23(27)15-11-21)22-12-16-24(17-13-22)29-19-18-28(2)3/h5-17,25-26H,4,18-19H2,1-3H3. The Morgan fingerprint density at radius 3 is 1.93 bits per heavy atom. The third kappa shape index (κ3) is 5.85. The predicted molar refractivity (Wildman–Crippen MR) is 123 cm³/mol. The second-order valence-electron chi connectivity index (χ2n) is 7.68. The zero-order valence-corrected chi connectivity index (χ0v) is 18.3. The Hall–Kier alpha value is -2.29. The molecular weight excluding hydrogens is 378 g/mol. The van der Waals surface area contributed by atoms with Crippen molar-refractivity contribution in [3.8, 4) is 5.75 Å². The fourth-order valence-electron chi connectivity index (χ4n) is 3.81. The van der Waals surface area contributed by atoms with Gasteiger partial charge < -0.3 is 9.64 Å². The molecule has 0 saturated carbocycles. The molecular formula is C26H30ClNO. The summed E-state index contributed by atoms with van der Waals surface area (Å²) in [6.07, 6.45) is 1.05. The summed E-state index contributed by atoms with van der Waals surface area (Å²) in [7, 11) is 4.11. The lowest BCUT2D eigenvalue weighted by Gasteiger charge is -2.28. The van der Waals surface area contributed by atoms with Crippen LogP contribution in [-0.2, 0) is 0 Å². The molecule has 29 heavy (non-hydrogen) atoms. The van der Waals surface area contributed by atoms with Gasteiger partial charge in [-0.25, -0.2) is 0 Å². The van der Waals surface area contributed by atoms with Crippen LogP contribution in [0.5, 0.6) is 5.75 Å². The van der Waals surface area contributed by atoms with Crippen molar-refractivity contribution < 1.29 is 4.74 Å². The van der Waals surface area contributed by atoms with Crippen molar-refractivity contribution in [2.75, 3.05) is 27.2 Å². The average molecular weight is 408 g/mol. The van der Waals surface area contributed by atoms with Crippen LogP contribution in [0.2, 0.25) is 5.02 Å². The van der Waals surface area contributed by atoms with Crippen LogP contribution in [0.4, 0.5) is 0 Å². The van der Waals surface area contributed by atoms with Gasteiger partial charge in [-0.15, -0.1) is 0 Å². The molecule has 0 bridgehead atoms. The lowest BCUT2D eigenvalue weighted by atomic mass is 9.76. The Morgan fingerprint density at radius 1 is 0.793 bits per heavy atom. The highest BCUT2D eigenvalue weighted by Gasteiger charge is 2.25. The number of halogens is 1. The van der Waals surface area contributed by atoms with Gasteiger partial charge >= 0.3 is 0 Å². The van der Waals surface area contributed by atoms with Crippen molar-refractivity contribution in [3.63, 3.8) is 0 Å². The molecule has 0 spiro atoms. The van der Waals surface area contributed by atoms with Gasteiger partial charge in [0.15, 0.2) is 0 Å². The summed E-state index contributed by atoms with van der Waals surface area (Å²) in [5.41, 5.74) is 3.94. The van der Waals surface area contributed by atoms with E-state index >= 15 is 0 Å². The first kappa shape index (κ1) is 21.4. The van der Waals surface area contributed by atoms with E-state index in [2.05, 4.69) is 92.6 Å². The molecule has 0 N–H and O–H groups in total. The van der Waals surface area contributed by atoms with Gasteiger partial charge in [-0.05, 0) is 67.4 Å². The molecule has 0 aliphatic carbocycles. The number of rotatable bonds is 9. The molecule has 2 nitrogen and oxygen atoms in total. The molecule has 0 aliphatic heterocycles. The van der Waals surface area contributed by atoms with Crippen LogP contribution in [0.25, 0.3) is 0 Å². The summed E-state index contributed by atoms with van der Waals surface area (Å²) in [4.78, 5) is 2.12. The molecule has 0 aromatic heterocycles. The Kier molecular flexibility index (Phi) is 7.74. The number of hydrogen-bond acceptors (Lipinski definition) is 2. The first-order valence-corrected chi connectivity index (χ1v) is 10.6. The zero-order chi connectivity index (χ0) is 20.6. The minimum atomic E-state index is 0.260. The van der Waals surface area contributed by atoms with Gasteiger partial charge in [0.05, 0.1) is 0 Å². The van der Waals surface area contributed by atoms with E-state index in [0.29, 0.717) is 12.5 Å². The van der Waals surface area contributed by atoms with Crippen LogP contribution in [0.3, 0.4) is 0 Å². The van der Waals surface area contributed by atoms with Crippen molar-refractivity contribution >= 4 is 11.6 Å². The summed E-state index contributed by atoms with van der Waals surface area (Å²) < 4.78 is 5.89. The number of benzene rings is 3. The fraction of sp³-hybridized carbons (Fsp3) is 0.308. The largest absolute Gasteiger partial charge is 0.492 e. The van der Waals surface area contributed by atoms with Crippen molar-refractivity contribution in [1.29, 1.82) is 0 Å². The maximum Gasteiger partial charge on any atom is 0.119 e. The molecule has 3 rings (SSSR count). The van der Waals surface area contributed by atoms with Gasteiger partial charge in [0.1, 0.15) is 12.4 Å². The molecule has 3 heteroatoms. The Morgan fingerprint density at radius 2 is 1.38 bits per heavy atom. The highest BCUT2D eigenvalue weighted by atomic mass is 35.5. The van der Waals surface area contributed by atoms with Gasteiger partial charge in [-0.2, -0.15) is 0 Å². The molecule has 0 saturated heterocycles. The van der Waals surface area contributed by atoms with E-state index in [1.54, 1.807) is 0 Å². The minimum Gasteiger partial charge on any atom is -0.492 e. The molecule has 152 valence electrons. The lowest BCUT2D eigenvalue weighted by molar-refractivity contribution is 0.261. The molecule has 0 aliphatic rings. The maximum absolute atomic E-state index is 6.16. The number of nitrogens with zero attached hydrogens (tertiary/aromatic N) is 1. The molecule has 3 aromatic rings. The van der Waals surface area contributed by atoms with E-state index in [-0.39, 0.29) is 5.92 Å². The minimum absolute atomic E-state index is 0.260. The topological polar surface area (TPSA) is 12.5 Å². The smallest absolute Gasteiger partial charge is 0.119 e. The summed E-state index contributed by atoms with van der Waals surface area (Å²) in [6.45, 7) is 3.86. The molecule has 0 fully saturated rings. The second-order valence-corrected chi connectivity index (χ2v) is 8.11. The van der Waals surface area contributed by atoms with Crippen LogP contribution < -0.4 is 4.74 Å². The maximum atomic E-state index is 6.16. The van der Waals surface area contributed by atoms with Gasteiger partial charge in [0, 0.05) is 17.5 Å². The predicted octanol–water partition coefficient (Wildman–Crippen LogP) is 6.61. The van der Waals surface area contributed by atoms with E-state index < -0.39 is 0 Å². The lowest BCUT2D eigenvalue weighted by Crippen LogP contribution is -2.19. The van der Waals surface area contributed by atoms with Crippen molar-refractivity contribution in [3.05, 3.63) is 101 Å². The van der Waals surface area contributed by atoms with Crippen molar-refractivity contribution in [2.24, 2.45) is 0 Å². The van der Waals surface area contributed by atoms with Gasteiger partial charge in [0.2, 0.25) is 0 Å². The monoisotopic (exact) mass is 407 g/mol. The third-order valence-corrected chi connectivity index (χ3v) is 5.60. The average Bonchev–Trinajstić information content (AvgIpc) is 2.74. The van der Waals surface area contributed by atoms with E-state index in [0.717, 1.165) is 23.7 Å². The third-order valence-electron chi connectivity index (χ3n) is 5.35. The van der Waals surface area contributed by atoms with Crippen LogP contribution in [0.1, 0.15) is 41.9 Å². The van der Waals surface area contributed by atoms with Crippen LogP contribution in [0.15, 0.2) is 78.9 Å². The second kappa shape index (κ2) is 10.5. The van der Waals surface area contributed by atoms with Crippen molar-refractivity contribution in [2.45, 2.75) is 25.2 Å². The highest BCUT2D eigenvalue weighted by Crippen LogP contribution is 2.41. The number of ether oxygens (including phenoxy) is 1. The first-order chi connectivity index (χ1) is 14.1. The highest BCUT2D eigenvalue weighted by molar-refractivity contribution is 6.30. The summed E-state index contributed by atoms with van der Waals surface area (Å²) >= 11 is 6.16. The Labute approximate surface area is 180 Å². The van der Waals surface area contributed by atoms with E-state index in [1.807, 2.05) is 12.1 Å². The van der Waals surface area contributed by atoms with Crippen LogP contribution in [0, 0.1) is 0 Å². The number of likely N-dealkylation sites (N-methyl/N-ethyl adjacent to an activating group) is 1. The number of hydrogen-bond donors (Lipinski definition) is 0. The molecule has 0 radical (unpaired) electrons. The quantitative estimate of drug-likeness (QED) is 0.396. The van der Waals surface area contributed by atoms with Gasteiger partial charge in [-0.3, -0.25) is 0 Å². The summed E-state index contributed by atoms with van der Waals surface area (Å²) in [6, 6.07) is 27.7. The molecule has 2 atom stereocenters. The van der Waals surface area contributed by atoms with Crippen LogP contribution >= 0.6 is 11.6 Å². The van der Waals surface area contributed by atoms with Crippen molar-refractivity contribution in [1.82, 2.24) is 4.90 Å². The molecule has 3 aromatic carbocycles. The van der Waals surface area contributed by atoms with E-state index in [9.17, 15) is 0 Å². The molecule has 0 amide bonds. The Balaban J connectivity index is 1.91. The summed E-state index contributed by atoms with van der Waals surface area (Å²) in [5, 5.41) is 0.768. The molecule has 0 heterocycles. The summed E-state index contributed by atoms with van der Waals surface area (Å²) in [5.74, 6) is 1.56. The van der Waals surface area contributed by atoms with Gasteiger partial charge in [0.25, 0.3) is 0 Å². The fourth-order valence-corrected chi connectivity index (χ4v) is 3.93. The van der Waals surface area contributed by atoms with Crippen LogP contribution in [-0.4, -0.2) is 32.1 Å². The Bertz CT molecular complexity index is 859. The zero-order valence-electron chi connectivity index (χ0n) is 17.5. The van der Waals surface area contributed by atoms with E-state index in [1.165, 1.54) is 16.7 Å².